The molecule has 166 valence electrons. The van der Waals surface area contributed by atoms with Gasteiger partial charge in [0.2, 0.25) is 0 Å². The van der Waals surface area contributed by atoms with Crippen molar-refractivity contribution in [2.75, 3.05) is 4.31 Å². The third-order valence-corrected chi connectivity index (χ3v) is 6.67. The zero-order valence-electron chi connectivity index (χ0n) is 17.5. The van der Waals surface area contributed by atoms with Crippen LogP contribution in [-0.2, 0) is 14.8 Å². The Kier molecular flexibility index (Phi) is 7.22. The van der Waals surface area contributed by atoms with E-state index in [4.69, 9.17) is 21.4 Å². The molecule has 0 saturated carbocycles. The molecule has 0 aliphatic carbocycles. The molecule has 1 N–H and O–H groups in total. The summed E-state index contributed by atoms with van der Waals surface area (Å²) < 4.78 is 34.2. The van der Waals surface area contributed by atoms with Gasteiger partial charge in [0.25, 0.3) is 10.0 Å². The maximum atomic E-state index is 13.4. The van der Waals surface area contributed by atoms with Gasteiger partial charge in [-0.05, 0) is 61.9 Å². The highest BCUT2D eigenvalue weighted by Gasteiger charge is 2.30. The van der Waals surface area contributed by atoms with E-state index in [0.717, 1.165) is 6.08 Å². The lowest BCUT2D eigenvalue weighted by molar-refractivity contribution is -0.131. The van der Waals surface area contributed by atoms with Gasteiger partial charge in [-0.15, -0.1) is 0 Å². The average Bonchev–Trinajstić information content (AvgIpc) is 2.74. The van der Waals surface area contributed by atoms with E-state index in [0.29, 0.717) is 22.0 Å². The fourth-order valence-electron chi connectivity index (χ4n) is 3.12. The summed E-state index contributed by atoms with van der Waals surface area (Å²) in [5.41, 5.74) is 0.950. The van der Waals surface area contributed by atoms with Crippen LogP contribution in [0.1, 0.15) is 19.4 Å². The lowest BCUT2D eigenvalue weighted by Gasteiger charge is -2.30. The highest BCUT2D eigenvalue weighted by Crippen LogP contribution is 2.38. The molecule has 0 spiro atoms. The van der Waals surface area contributed by atoms with Gasteiger partial charge in [0.1, 0.15) is 5.75 Å². The second kappa shape index (κ2) is 9.89. The number of carboxylic acid groups (broad SMARTS) is 1. The normalized spacial score (nSPS) is 11.6. The van der Waals surface area contributed by atoms with Crippen molar-refractivity contribution in [1.82, 2.24) is 0 Å². The molecular formula is C24H22ClNO5S. The minimum absolute atomic E-state index is 0.162. The quantitative estimate of drug-likeness (QED) is 0.417. The molecule has 0 aromatic heterocycles. The van der Waals surface area contributed by atoms with E-state index in [1.807, 2.05) is 0 Å². The van der Waals surface area contributed by atoms with Crippen LogP contribution in [0.3, 0.4) is 0 Å². The van der Waals surface area contributed by atoms with Crippen molar-refractivity contribution in [2.24, 2.45) is 0 Å². The Bertz CT molecular complexity index is 1240. The number of hydrogen-bond acceptors (Lipinski definition) is 4. The molecule has 0 amide bonds. The first kappa shape index (κ1) is 23.4. The molecule has 6 nitrogen and oxygen atoms in total. The van der Waals surface area contributed by atoms with Crippen LogP contribution in [0.5, 0.6) is 11.5 Å². The van der Waals surface area contributed by atoms with Crippen LogP contribution in [0.2, 0.25) is 5.02 Å². The number of benzene rings is 3. The molecule has 0 bridgehead atoms. The number of rotatable bonds is 8. The summed E-state index contributed by atoms with van der Waals surface area (Å²) in [6, 6.07) is 19.3. The summed E-state index contributed by atoms with van der Waals surface area (Å²) in [5.74, 6) is -0.404. The number of carboxylic acids is 1. The van der Waals surface area contributed by atoms with E-state index in [9.17, 15) is 13.2 Å². The number of sulfonamides is 1. The summed E-state index contributed by atoms with van der Waals surface area (Å²) in [4.78, 5) is 10.9. The predicted molar refractivity (Wildman–Crippen MR) is 126 cm³/mol. The largest absolute Gasteiger partial charge is 0.478 e. The topological polar surface area (TPSA) is 83.9 Å². The lowest BCUT2D eigenvalue weighted by Crippen LogP contribution is -2.37. The highest BCUT2D eigenvalue weighted by molar-refractivity contribution is 7.92. The van der Waals surface area contributed by atoms with E-state index >= 15 is 0 Å². The number of aliphatic carboxylic acids is 1. The van der Waals surface area contributed by atoms with Crippen LogP contribution >= 0.6 is 11.6 Å². The average molecular weight is 472 g/mol. The molecule has 0 saturated heterocycles. The standard InChI is InChI=1S/C24H22ClNO5S/c1-17(2)26(32(29,30)21-9-4-3-5-10-21)22-13-12-19(25)16-23(22)31-20-8-6-7-18(15-20)11-14-24(27)28/h3-17H,1-2H3,(H,27,28). The molecule has 3 aromatic rings. The second-order valence-electron chi connectivity index (χ2n) is 7.17. The Labute approximate surface area is 192 Å². The SMILES string of the molecule is CC(C)N(c1ccc(Cl)cc1Oc1cccc(C=CC(=O)O)c1)S(=O)(=O)c1ccccc1. The van der Waals surface area contributed by atoms with Gasteiger partial charge in [0.05, 0.1) is 10.6 Å². The van der Waals surface area contributed by atoms with E-state index in [-0.39, 0.29) is 10.6 Å². The number of nitrogens with zero attached hydrogens (tertiary/aromatic N) is 1. The van der Waals surface area contributed by atoms with Gasteiger partial charge < -0.3 is 9.84 Å². The molecule has 3 aromatic carbocycles. The van der Waals surface area contributed by atoms with Crippen molar-refractivity contribution in [3.8, 4) is 11.5 Å². The summed E-state index contributed by atoms with van der Waals surface area (Å²) in [6.45, 7) is 3.55. The van der Waals surface area contributed by atoms with Crippen LogP contribution in [0, 0.1) is 0 Å². The number of hydrogen-bond donors (Lipinski definition) is 1. The summed E-state index contributed by atoms with van der Waals surface area (Å²) in [7, 11) is -3.87. The molecule has 0 atom stereocenters. The van der Waals surface area contributed by atoms with Crippen molar-refractivity contribution in [2.45, 2.75) is 24.8 Å². The minimum atomic E-state index is -3.87. The van der Waals surface area contributed by atoms with E-state index in [2.05, 4.69) is 0 Å². The van der Waals surface area contributed by atoms with Crippen LogP contribution in [0.25, 0.3) is 6.08 Å². The van der Waals surface area contributed by atoms with Crippen LogP contribution < -0.4 is 9.04 Å². The first-order chi connectivity index (χ1) is 15.2. The molecule has 0 fully saturated rings. The van der Waals surface area contributed by atoms with Gasteiger partial charge in [-0.2, -0.15) is 0 Å². The van der Waals surface area contributed by atoms with Gasteiger partial charge in [-0.25, -0.2) is 13.2 Å². The maximum Gasteiger partial charge on any atom is 0.328 e. The van der Waals surface area contributed by atoms with Gasteiger partial charge >= 0.3 is 5.97 Å². The Morgan fingerprint density at radius 3 is 2.41 bits per heavy atom. The summed E-state index contributed by atoms with van der Waals surface area (Å²) in [5, 5.41) is 9.22. The Morgan fingerprint density at radius 2 is 1.75 bits per heavy atom. The van der Waals surface area contributed by atoms with Crippen molar-refractivity contribution < 1.29 is 23.1 Å². The van der Waals surface area contributed by atoms with Crippen molar-refractivity contribution >= 4 is 39.4 Å². The van der Waals surface area contributed by atoms with E-state index in [1.165, 1.54) is 10.4 Å². The number of ether oxygens (including phenoxy) is 1. The van der Waals surface area contributed by atoms with Crippen molar-refractivity contribution in [3.05, 3.63) is 89.5 Å². The zero-order valence-corrected chi connectivity index (χ0v) is 19.0. The van der Waals surface area contributed by atoms with E-state index in [1.54, 1.807) is 86.6 Å². The maximum absolute atomic E-state index is 13.4. The predicted octanol–water partition coefficient (Wildman–Crippen LogP) is 5.83. The first-order valence-electron chi connectivity index (χ1n) is 9.76. The summed E-state index contributed by atoms with van der Waals surface area (Å²) >= 11 is 6.19. The van der Waals surface area contributed by atoms with Crippen LogP contribution in [0.4, 0.5) is 5.69 Å². The smallest absolute Gasteiger partial charge is 0.328 e. The molecule has 0 heterocycles. The zero-order chi connectivity index (χ0) is 23.3. The summed E-state index contributed by atoms with van der Waals surface area (Å²) in [6.07, 6.45) is 2.46. The lowest BCUT2D eigenvalue weighted by atomic mass is 10.2. The molecule has 0 aliphatic heterocycles. The van der Waals surface area contributed by atoms with Gasteiger partial charge in [0.15, 0.2) is 5.75 Å². The fraction of sp³-hybridized carbons (Fsp3) is 0.125. The second-order valence-corrected chi connectivity index (χ2v) is 9.42. The number of halogens is 1. The first-order valence-corrected chi connectivity index (χ1v) is 11.6. The molecule has 8 heteroatoms. The van der Waals surface area contributed by atoms with E-state index < -0.39 is 22.0 Å². The third-order valence-electron chi connectivity index (χ3n) is 4.43. The highest BCUT2D eigenvalue weighted by atomic mass is 35.5. The van der Waals surface area contributed by atoms with Crippen molar-refractivity contribution in [3.63, 3.8) is 0 Å². The van der Waals surface area contributed by atoms with Crippen LogP contribution in [0.15, 0.2) is 83.8 Å². The van der Waals surface area contributed by atoms with Gasteiger partial charge in [-0.3, -0.25) is 4.31 Å². The molecule has 3 rings (SSSR count). The monoisotopic (exact) mass is 471 g/mol. The van der Waals surface area contributed by atoms with Gasteiger partial charge in [-0.1, -0.05) is 41.9 Å². The Hall–Kier alpha value is -3.29. The molecule has 32 heavy (non-hydrogen) atoms. The molecule has 0 radical (unpaired) electrons. The fourth-order valence-corrected chi connectivity index (χ4v) is 4.97. The van der Waals surface area contributed by atoms with Crippen molar-refractivity contribution in [1.29, 1.82) is 0 Å². The minimum Gasteiger partial charge on any atom is -0.478 e. The van der Waals surface area contributed by atoms with Crippen LogP contribution in [-0.4, -0.2) is 25.5 Å². The molecule has 0 unspecified atom stereocenters. The Balaban J connectivity index is 2.06. The Morgan fingerprint density at radius 1 is 1.03 bits per heavy atom. The molecule has 0 aliphatic rings. The number of anilines is 1. The molecular weight excluding hydrogens is 450 g/mol. The van der Waals surface area contributed by atoms with Gasteiger partial charge in [0, 0.05) is 23.2 Å². The third kappa shape index (κ3) is 5.49. The number of carbonyl (C=O) groups is 1.